The molecule has 0 atom stereocenters. The predicted molar refractivity (Wildman–Crippen MR) is 85.1 cm³/mol. The van der Waals surface area contributed by atoms with Crippen LogP contribution in [0.3, 0.4) is 0 Å². The lowest BCUT2D eigenvalue weighted by molar-refractivity contribution is 0.309. The molecule has 0 aromatic heterocycles. The fourth-order valence-corrected chi connectivity index (χ4v) is 1.67. The molecule has 0 radical (unpaired) electrons. The van der Waals surface area contributed by atoms with Crippen molar-refractivity contribution in [3.8, 4) is 5.75 Å². The van der Waals surface area contributed by atoms with Crippen molar-refractivity contribution in [1.82, 2.24) is 5.32 Å². The maximum Gasteiger partial charge on any atom is 0.189 e. The number of nitrogens with zero attached hydrogens (tertiary/aromatic N) is 1. The molecule has 20 heavy (non-hydrogen) atoms. The average molecular weight is 277 g/mol. The van der Waals surface area contributed by atoms with Gasteiger partial charge in [0.05, 0.1) is 13.2 Å². The van der Waals surface area contributed by atoms with Gasteiger partial charge in [-0.15, -0.1) is 0 Å². The first-order valence-corrected chi connectivity index (χ1v) is 7.20. The largest absolute Gasteiger partial charge is 0.494 e. The van der Waals surface area contributed by atoms with Gasteiger partial charge in [0.15, 0.2) is 5.96 Å². The van der Waals surface area contributed by atoms with Crippen LogP contribution >= 0.6 is 0 Å². The molecule has 3 N–H and O–H groups in total. The fraction of sp³-hybridized carbons (Fsp3) is 0.562. The summed E-state index contributed by atoms with van der Waals surface area (Å²) in [6, 6.07) is 8.00. The highest BCUT2D eigenvalue weighted by atomic mass is 16.5. The molecule has 1 rings (SSSR count). The van der Waals surface area contributed by atoms with E-state index < -0.39 is 0 Å². The second kappa shape index (κ2) is 7.78. The van der Waals surface area contributed by atoms with Gasteiger partial charge in [0.2, 0.25) is 0 Å². The zero-order valence-electron chi connectivity index (χ0n) is 13.1. The third-order valence-corrected chi connectivity index (χ3v) is 2.60. The van der Waals surface area contributed by atoms with Gasteiger partial charge in [0.1, 0.15) is 5.75 Å². The molecule has 1 aromatic rings. The van der Waals surface area contributed by atoms with Crippen LogP contribution in [0.4, 0.5) is 0 Å². The van der Waals surface area contributed by atoms with E-state index >= 15 is 0 Å². The minimum atomic E-state index is -0.0707. The average Bonchev–Trinajstić information content (AvgIpc) is 2.35. The van der Waals surface area contributed by atoms with Crippen LogP contribution in [0.15, 0.2) is 29.3 Å². The number of nitrogens with one attached hydrogen (secondary N) is 1. The van der Waals surface area contributed by atoms with Crippen LogP contribution < -0.4 is 15.8 Å². The highest BCUT2D eigenvalue weighted by Crippen LogP contribution is 2.14. The van der Waals surface area contributed by atoms with E-state index in [1.165, 1.54) is 0 Å². The highest BCUT2D eigenvalue weighted by molar-refractivity contribution is 5.78. The number of unbranched alkanes of at least 4 members (excludes halogenated alkanes) is 1. The van der Waals surface area contributed by atoms with Crippen LogP contribution in [-0.2, 0) is 6.54 Å². The summed E-state index contributed by atoms with van der Waals surface area (Å²) in [5.41, 5.74) is 6.88. The molecule has 0 bridgehead atoms. The third-order valence-electron chi connectivity index (χ3n) is 2.60. The summed E-state index contributed by atoms with van der Waals surface area (Å²) >= 11 is 0. The molecule has 4 nitrogen and oxygen atoms in total. The summed E-state index contributed by atoms with van der Waals surface area (Å²) in [5, 5.41) is 3.14. The summed E-state index contributed by atoms with van der Waals surface area (Å²) < 4.78 is 5.68. The lowest BCUT2D eigenvalue weighted by atomic mass is 10.1. The van der Waals surface area contributed by atoms with Crippen molar-refractivity contribution in [2.24, 2.45) is 10.7 Å². The smallest absolute Gasteiger partial charge is 0.189 e. The highest BCUT2D eigenvalue weighted by Gasteiger charge is 2.09. The van der Waals surface area contributed by atoms with Gasteiger partial charge in [-0.05, 0) is 44.9 Å². The standard InChI is InChI=1S/C16H27N3O/c1-5-6-10-20-14-9-7-8-13(11-14)12-18-15(17)19-16(2,3)4/h7-9,11H,5-6,10,12H2,1-4H3,(H3,17,18,19). The van der Waals surface area contributed by atoms with Crippen molar-refractivity contribution in [3.63, 3.8) is 0 Å². The second-order valence-corrected chi connectivity index (χ2v) is 5.93. The number of nitrogens with two attached hydrogens (primary N) is 1. The molecule has 0 saturated carbocycles. The normalized spacial score (nSPS) is 12.3. The lowest BCUT2D eigenvalue weighted by Gasteiger charge is -2.21. The van der Waals surface area contributed by atoms with Gasteiger partial charge in [-0.1, -0.05) is 25.5 Å². The molecule has 0 unspecified atom stereocenters. The van der Waals surface area contributed by atoms with Crippen LogP contribution in [-0.4, -0.2) is 18.1 Å². The molecule has 0 amide bonds. The third kappa shape index (κ3) is 7.02. The Balaban J connectivity index is 2.55. The van der Waals surface area contributed by atoms with Gasteiger partial charge in [-0.2, -0.15) is 0 Å². The second-order valence-electron chi connectivity index (χ2n) is 5.93. The molecule has 0 fully saturated rings. The number of rotatable bonds is 6. The molecular formula is C16H27N3O. The van der Waals surface area contributed by atoms with E-state index in [-0.39, 0.29) is 5.54 Å². The van der Waals surface area contributed by atoms with Crippen molar-refractivity contribution in [1.29, 1.82) is 0 Å². The maximum absolute atomic E-state index is 5.85. The Morgan fingerprint density at radius 3 is 2.75 bits per heavy atom. The van der Waals surface area contributed by atoms with Gasteiger partial charge in [0, 0.05) is 5.54 Å². The van der Waals surface area contributed by atoms with Gasteiger partial charge in [-0.25, -0.2) is 4.99 Å². The summed E-state index contributed by atoms with van der Waals surface area (Å²) in [6.45, 7) is 9.63. The molecule has 0 saturated heterocycles. The first-order valence-electron chi connectivity index (χ1n) is 7.20. The molecule has 0 heterocycles. The van der Waals surface area contributed by atoms with Crippen LogP contribution in [0, 0.1) is 0 Å². The summed E-state index contributed by atoms with van der Waals surface area (Å²) in [5.74, 6) is 1.36. The SMILES string of the molecule is CCCCOc1cccc(CN=C(N)NC(C)(C)C)c1. The van der Waals surface area contributed by atoms with E-state index in [1.807, 2.05) is 24.3 Å². The summed E-state index contributed by atoms with van der Waals surface area (Å²) in [4.78, 5) is 4.35. The molecule has 4 heteroatoms. The summed E-state index contributed by atoms with van der Waals surface area (Å²) in [7, 11) is 0. The topological polar surface area (TPSA) is 59.6 Å². The first kappa shape index (κ1) is 16.3. The minimum absolute atomic E-state index is 0.0707. The van der Waals surface area contributed by atoms with E-state index in [0.29, 0.717) is 12.5 Å². The molecule has 0 spiro atoms. The minimum Gasteiger partial charge on any atom is -0.494 e. The van der Waals surface area contributed by atoms with E-state index in [0.717, 1.165) is 30.8 Å². The van der Waals surface area contributed by atoms with Gasteiger partial charge >= 0.3 is 0 Å². The van der Waals surface area contributed by atoms with Crippen molar-refractivity contribution in [2.45, 2.75) is 52.6 Å². The number of ether oxygens (including phenoxy) is 1. The lowest BCUT2D eigenvalue weighted by Crippen LogP contribution is -2.44. The number of aliphatic imine (C=N–C) groups is 1. The number of guanidine groups is 1. The maximum atomic E-state index is 5.85. The Bertz CT molecular complexity index is 436. The van der Waals surface area contributed by atoms with Gasteiger partial charge < -0.3 is 15.8 Å². The number of benzene rings is 1. The Morgan fingerprint density at radius 2 is 2.10 bits per heavy atom. The van der Waals surface area contributed by atoms with Gasteiger partial charge in [-0.3, -0.25) is 0 Å². The molecule has 0 aliphatic rings. The van der Waals surface area contributed by atoms with E-state index in [1.54, 1.807) is 0 Å². The Hall–Kier alpha value is -1.71. The molecule has 112 valence electrons. The van der Waals surface area contributed by atoms with Crippen LogP contribution in [0.1, 0.15) is 46.1 Å². The molecule has 0 aliphatic heterocycles. The van der Waals surface area contributed by atoms with E-state index in [9.17, 15) is 0 Å². The van der Waals surface area contributed by atoms with E-state index in [2.05, 4.69) is 38.0 Å². The van der Waals surface area contributed by atoms with Crippen molar-refractivity contribution >= 4 is 5.96 Å². The zero-order chi connectivity index (χ0) is 15.0. The van der Waals surface area contributed by atoms with Crippen LogP contribution in [0.25, 0.3) is 0 Å². The Kier molecular flexibility index (Phi) is 6.36. The number of hydrogen-bond donors (Lipinski definition) is 2. The first-order chi connectivity index (χ1) is 9.40. The zero-order valence-corrected chi connectivity index (χ0v) is 13.1. The summed E-state index contributed by atoms with van der Waals surface area (Å²) in [6.07, 6.45) is 2.21. The predicted octanol–water partition coefficient (Wildman–Crippen LogP) is 3.07. The van der Waals surface area contributed by atoms with E-state index in [4.69, 9.17) is 10.5 Å². The molecular weight excluding hydrogens is 250 g/mol. The monoisotopic (exact) mass is 277 g/mol. The Labute approximate surface area is 122 Å². The van der Waals surface area contributed by atoms with Crippen LogP contribution in [0.2, 0.25) is 0 Å². The van der Waals surface area contributed by atoms with Gasteiger partial charge in [0.25, 0.3) is 0 Å². The van der Waals surface area contributed by atoms with Crippen LogP contribution in [0.5, 0.6) is 5.75 Å². The molecule has 0 aliphatic carbocycles. The van der Waals surface area contributed by atoms with Crippen molar-refractivity contribution in [3.05, 3.63) is 29.8 Å². The fourth-order valence-electron chi connectivity index (χ4n) is 1.67. The van der Waals surface area contributed by atoms with Crippen molar-refractivity contribution in [2.75, 3.05) is 6.61 Å². The Morgan fingerprint density at radius 1 is 1.35 bits per heavy atom. The quantitative estimate of drug-likeness (QED) is 0.477. The molecule has 1 aromatic carbocycles. The number of hydrogen-bond acceptors (Lipinski definition) is 2. The van der Waals surface area contributed by atoms with Crippen molar-refractivity contribution < 1.29 is 4.74 Å².